The zero-order chi connectivity index (χ0) is 9.60. The Morgan fingerprint density at radius 2 is 2.21 bits per heavy atom. The Labute approximate surface area is 87.2 Å². The second-order valence-corrected chi connectivity index (χ2v) is 5.70. The molecule has 4 unspecified atom stereocenters. The highest BCUT2D eigenvalue weighted by atomic mass is 16.6. The molecule has 1 aliphatic heterocycles. The number of rotatable bonds is 5. The average Bonchev–Trinajstić information content (AvgIpc) is 2.85. The van der Waals surface area contributed by atoms with Crippen LogP contribution in [0.1, 0.15) is 58.3 Å². The summed E-state index contributed by atoms with van der Waals surface area (Å²) in [6.07, 6.45) is 13.0. The first-order chi connectivity index (χ1) is 6.86. The van der Waals surface area contributed by atoms with Crippen molar-refractivity contribution in [3.8, 4) is 0 Å². The van der Waals surface area contributed by atoms with Gasteiger partial charge in [-0.1, -0.05) is 32.6 Å². The highest BCUT2D eigenvalue weighted by Crippen LogP contribution is 2.65. The van der Waals surface area contributed by atoms with Gasteiger partial charge in [0, 0.05) is 0 Å². The Bertz CT molecular complexity index is 225. The summed E-state index contributed by atoms with van der Waals surface area (Å²) < 4.78 is 5.80. The molecule has 80 valence electrons. The molecule has 0 N–H and O–H groups in total. The van der Waals surface area contributed by atoms with E-state index in [0.717, 1.165) is 12.0 Å². The van der Waals surface area contributed by atoms with Gasteiger partial charge in [-0.25, -0.2) is 0 Å². The molecule has 0 aromatic carbocycles. The van der Waals surface area contributed by atoms with Crippen LogP contribution in [0.5, 0.6) is 0 Å². The number of hydrogen-bond acceptors (Lipinski definition) is 1. The van der Waals surface area contributed by atoms with Crippen molar-refractivity contribution in [2.75, 3.05) is 0 Å². The molecule has 0 amide bonds. The Balaban J connectivity index is 1.52. The van der Waals surface area contributed by atoms with Crippen molar-refractivity contribution >= 4 is 0 Å². The molecule has 14 heavy (non-hydrogen) atoms. The van der Waals surface area contributed by atoms with Gasteiger partial charge in [0.25, 0.3) is 0 Å². The summed E-state index contributed by atoms with van der Waals surface area (Å²) >= 11 is 0. The summed E-state index contributed by atoms with van der Waals surface area (Å²) in [5.74, 6) is 0.964. The van der Waals surface area contributed by atoms with Gasteiger partial charge in [-0.2, -0.15) is 0 Å². The van der Waals surface area contributed by atoms with E-state index in [1.54, 1.807) is 0 Å². The largest absolute Gasteiger partial charge is 0.369 e. The standard InChI is InChI=1S/C13H22O/c1-2-3-4-5-7-13-8-6-10(9-13)11-12(13)14-11/h10-12H,2-9H2,1H3. The highest BCUT2D eigenvalue weighted by Gasteiger charge is 2.67. The van der Waals surface area contributed by atoms with Crippen LogP contribution in [0.2, 0.25) is 0 Å². The van der Waals surface area contributed by atoms with Crippen molar-refractivity contribution in [3.63, 3.8) is 0 Å². The van der Waals surface area contributed by atoms with Crippen LogP contribution in [0.25, 0.3) is 0 Å². The predicted molar refractivity (Wildman–Crippen MR) is 57.2 cm³/mol. The SMILES string of the molecule is CCCCCCC12CCC(C1)C1OC12. The molecular weight excluding hydrogens is 172 g/mol. The Kier molecular flexibility index (Phi) is 2.12. The van der Waals surface area contributed by atoms with Crippen LogP contribution in [0.15, 0.2) is 0 Å². The van der Waals surface area contributed by atoms with Crippen molar-refractivity contribution in [3.05, 3.63) is 0 Å². The number of ether oxygens (including phenoxy) is 1. The van der Waals surface area contributed by atoms with E-state index >= 15 is 0 Å². The summed E-state index contributed by atoms with van der Waals surface area (Å²) in [5.41, 5.74) is 0.670. The van der Waals surface area contributed by atoms with Gasteiger partial charge in [0.05, 0.1) is 12.2 Å². The molecule has 3 fully saturated rings. The third kappa shape index (κ3) is 1.25. The Hall–Kier alpha value is -0.0400. The average molecular weight is 194 g/mol. The van der Waals surface area contributed by atoms with Crippen LogP contribution >= 0.6 is 0 Å². The fraction of sp³-hybridized carbons (Fsp3) is 1.00. The Morgan fingerprint density at radius 3 is 2.93 bits per heavy atom. The first-order valence-electron chi connectivity index (χ1n) is 6.51. The van der Waals surface area contributed by atoms with Gasteiger partial charge in [-0.05, 0) is 37.0 Å². The normalized spacial score (nSPS) is 48.2. The number of fused-ring (bicyclic) bond motifs is 5. The van der Waals surface area contributed by atoms with E-state index in [-0.39, 0.29) is 0 Å². The zero-order valence-electron chi connectivity index (χ0n) is 9.30. The molecule has 2 aliphatic carbocycles. The van der Waals surface area contributed by atoms with Gasteiger partial charge in [0.2, 0.25) is 0 Å². The maximum Gasteiger partial charge on any atom is 0.0900 e. The van der Waals surface area contributed by atoms with Gasteiger partial charge in [-0.3, -0.25) is 0 Å². The third-order valence-electron chi connectivity index (χ3n) is 4.80. The van der Waals surface area contributed by atoms with E-state index in [4.69, 9.17) is 4.74 Å². The zero-order valence-corrected chi connectivity index (χ0v) is 9.30. The lowest BCUT2D eigenvalue weighted by atomic mass is 9.79. The number of epoxide rings is 1. The van der Waals surface area contributed by atoms with E-state index in [9.17, 15) is 0 Å². The minimum Gasteiger partial charge on any atom is -0.369 e. The molecule has 3 rings (SSSR count). The van der Waals surface area contributed by atoms with Crippen molar-refractivity contribution in [1.29, 1.82) is 0 Å². The summed E-state index contributed by atoms with van der Waals surface area (Å²) in [6.45, 7) is 2.29. The molecule has 0 aromatic rings. The molecule has 1 nitrogen and oxygen atoms in total. The van der Waals surface area contributed by atoms with Crippen LogP contribution in [0.4, 0.5) is 0 Å². The Morgan fingerprint density at radius 1 is 1.29 bits per heavy atom. The molecule has 0 aromatic heterocycles. The molecule has 1 heterocycles. The lowest BCUT2D eigenvalue weighted by molar-refractivity contribution is 0.161. The van der Waals surface area contributed by atoms with E-state index in [0.29, 0.717) is 11.5 Å². The van der Waals surface area contributed by atoms with Gasteiger partial charge >= 0.3 is 0 Å². The molecule has 2 bridgehead atoms. The molecule has 0 spiro atoms. The van der Waals surface area contributed by atoms with Crippen LogP contribution in [0, 0.1) is 11.3 Å². The molecule has 4 atom stereocenters. The fourth-order valence-electron chi connectivity index (χ4n) is 3.99. The molecular formula is C13H22O. The third-order valence-corrected chi connectivity index (χ3v) is 4.80. The predicted octanol–water partition coefficient (Wildman–Crippen LogP) is 3.52. The second kappa shape index (κ2) is 3.23. The van der Waals surface area contributed by atoms with E-state index < -0.39 is 0 Å². The maximum atomic E-state index is 5.80. The monoisotopic (exact) mass is 194 g/mol. The summed E-state index contributed by atoms with van der Waals surface area (Å²) in [7, 11) is 0. The highest BCUT2D eigenvalue weighted by molar-refractivity contribution is 5.15. The summed E-state index contributed by atoms with van der Waals surface area (Å²) in [6, 6.07) is 0. The van der Waals surface area contributed by atoms with Crippen LogP contribution in [-0.2, 0) is 4.74 Å². The molecule has 1 saturated heterocycles. The first kappa shape index (κ1) is 9.21. The van der Waals surface area contributed by atoms with E-state index in [2.05, 4.69) is 6.92 Å². The van der Waals surface area contributed by atoms with Gasteiger partial charge in [0.1, 0.15) is 0 Å². The van der Waals surface area contributed by atoms with Crippen LogP contribution < -0.4 is 0 Å². The molecule has 2 saturated carbocycles. The number of unbranched alkanes of at least 4 members (excludes halogenated alkanes) is 3. The summed E-state index contributed by atoms with van der Waals surface area (Å²) in [5, 5.41) is 0. The van der Waals surface area contributed by atoms with Gasteiger partial charge < -0.3 is 4.74 Å². The van der Waals surface area contributed by atoms with Crippen molar-refractivity contribution < 1.29 is 4.74 Å². The van der Waals surface area contributed by atoms with Crippen molar-refractivity contribution in [1.82, 2.24) is 0 Å². The second-order valence-electron chi connectivity index (χ2n) is 5.70. The van der Waals surface area contributed by atoms with E-state index in [1.807, 2.05) is 0 Å². The minimum atomic E-state index is 0.670. The van der Waals surface area contributed by atoms with E-state index in [1.165, 1.54) is 51.4 Å². The van der Waals surface area contributed by atoms with Crippen molar-refractivity contribution in [2.24, 2.45) is 11.3 Å². The maximum absolute atomic E-state index is 5.80. The first-order valence-corrected chi connectivity index (χ1v) is 6.51. The fourth-order valence-corrected chi connectivity index (χ4v) is 3.99. The smallest absolute Gasteiger partial charge is 0.0900 e. The van der Waals surface area contributed by atoms with Crippen LogP contribution in [0.3, 0.4) is 0 Å². The molecule has 3 aliphatic rings. The lowest BCUT2D eigenvalue weighted by Crippen LogP contribution is -2.22. The van der Waals surface area contributed by atoms with Crippen molar-refractivity contribution in [2.45, 2.75) is 70.5 Å². The minimum absolute atomic E-state index is 0.670. The van der Waals surface area contributed by atoms with Gasteiger partial charge in [-0.15, -0.1) is 0 Å². The molecule has 1 heteroatoms. The number of hydrogen-bond donors (Lipinski definition) is 0. The van der Waals surface area contributed by atoms with Crippen LogP contribution in [-0.4, -0.2) is 12.2 Å². The molecule has 0 radical (unpaired) electrons. The van der Waals surface area contributed by atoms with Gasteiger partial charge in [0.15, 0.2) is 0 Å². The lowest BCUT2D eigenvalue weighted by Gasteiger charge is -2.25. The quantitative estimate of drug-likeness (QED) is 0.482. The topological polar surface area (TPSA) is 12.5 Å². The summed E-state index contributed by atoms with van der Waals surface area (Å²) in [4.78, 5) is 0.